The zero-order valence-electron chi connectivity index (χ0n) is 26.7. The Hall–Kier alpha value is -1.79. The Bertz CT molecular complexity index is 661. The molecule has 0 bridgehead atoms. The second kappa shape index (κ2) is 22.0. The summed E-state index contributed by atoms with van der Waals surface area (Å²) >= 11 is 0. The molecule has 0 radical (unpaired) electrons. The van der Waals surface area contributed by atoms with Gasteiger partial charge in [-0.1, -0.05) is 91.9 Å². The summed E-state index contributed by atoms with van der Waals surface area (Å²) in [4.78, 5) is 34.9. The fourth-order valence-corrected chi connectivity index (χ4v) is 4.81. The van der Waals surface area contributed by atoms with Crippen molar-refractivity contribution in [1.29, 1.82) is 0 Å². The van der Waals surface area contributed by atoms with Gasteiger partial charge in [-0.25, -0.2) is 4.79 Å². The second-order valence-corrected chi connectivity index (χ2v) is 13.0. The Balaban J connectivity index is 3.70. The van der Waals surface area contributed by atoms with Crippen LogP contribution in [-0.4, -0.2) is 43.8 Å². The third-order valence-electron chi connectivity index (χ3n) is 7.48. The van der Waals surface area contributed by atoms with Crippen LogP contribution in [0.5, 0.6) is 0 Å². The molecular formula is C32H62N2O5. The third kappa shape index (κ3) is 25.0. The first-order chi connectivity index (χ1) is 18.3. The summed E-state index contributed by atoms with van der Waals surface area (Å²) in [6.07, 6.45) is 15.1. The van der Waals surface area contributed by atoms with Crippen molar-refractivity contribution >= 4 is 18.0 Å². The molecule has 0 rings (SSSR count). The van der Waals surface area contributed by atoms with Crippen LogP contribution in [0, 0.1) is 23.7 Å². The number of hydrogen-bond donors (Lipinski definition) is 2. The molecule has 7 nitrogen and oxygen atoms in total. The minimum absolute atomic E-state index is 0.0449. The molecule has 4 atom stereocenters. The summed E-state index contributed by atoms with van der Waals surface area (Å²) in [6, 6.07) is 0. The van der Waals surface area contributed by atoms with Gasteiger partial charge in [-0.15, -0.1) is 0 Å². The fourth-order valence-electron chi connectivity index (χ4n) is 4.81. The number of nitrogens with one attached hydrogen (secondary N) is 2. The predicted octanol–water partition coefficient (Wildman–Crippen LogP) is 7.81. The van der Waals surface area contributed by atoms with Crippen LogP contribution in [-0.2, 0) is 19.1 Å². The molecular weight excluding hydrogens is 492 g/mol. The van der Waals surface area contributed by atoms with Crippen LogP contribution >= 0.6 is 0 Å². The summed E-state index contributed by atoms with van der Waals surface area (Å²) < 4.78 is 9.90. The molecule has 0 aliphatic rings. The molecule has 7 heteroatoms. The van der Waals surface area contributed by atoms with Crippen molar-refractivity contribution in [3.63, 3.8) is 0 Å². The van der Waals surface area contributed by atoms with Gasteiger partial charge in [-0.2, -0.15) is 0 Å². The van der Waals surface area contributed by atoms with E-state index in [1.165, 1.54) is 71.3 Å². The van der Waals surface area contributed by atoms with Crippen molar-refractivity contribution in [3.05, 3.63) is 0 Å². The Morgan fingerprint density at radius 1 is 0.615 bits per heavy atom. The number of alkyl carbamates (subject to hydrolysis) is 1. The molecule has 0 aromatic carbocycles. The predicted molar refractivity (Wildman–Crippen MR) is 161 cm³/mol. The molecule has 0 heterocycles. The van der Waals surface area contributed by atoms with E-state index in [0.29, 0.717) is 37.8 Å². The van der Waals surface area contributed by atoms with E-state index in [4.69, 9.17) is 9.47 Å². The van der Waals surface area contributed by atoms with Crippen molar-refractivity contribution in [2.24, 2.45) is 23.7 Å². The number of carbonyl (C=O) groups is 3. The topological polar surface area (TPSA) is 93.7 Å². The van der Waals surface area contributed by atoms with E-state index in [1.807, 2.05) is 20.8 Å². The molecule has 0 saturated heterocycles. The Morgan fingerprint density at radius 2 is 1.03 bits per heavy atom. The Kier molecular flexibility index (Phi) is 21.0. The van der Waals surface area contributed by atoms with E-state index in [0.717, 1.165) is 24.7 Å². The maximum atomic E-state index is 12.1. The number of ether oxygens (including phenoxy) is 2. The number of amides is 2. The third-order valence-corrected chi connectivity index (χ3v) is 7.48. The highest BCUT2D eigenvalue weighted by Gasteiger charge is 2.15. The van der Waals surface area contributed by atoms with Crippen LogP contribution in [0.15, 0.2) is 0 Å². The molecule has 39 heavy (non-hydrogen) atoms. The molecule has 0 aromatic heterocycles. The van der Waals surface area contributed by atoms with E-state index in [2.05, 4.69) is 38.3 Å². The number of methoxy groups -OCH3 is 1. The van der Waals surface area contributed by atoms with Crippen molar-refractivity contribution in [1.82, 2.24) is 10.6 Å². The minimum atomic E-state index is -0.519. The lowest BCUT2D eigenvalue weighted by Gasteiger charge is -2.19. The normalized spacial score (nSPS) is 14.7. The molecule has 2 N–H and O–H groups in total. The quantitative estimate of drug-likeness (QED) is 0.105. The lowest BCUT2D eigenvalue weighted by molar-refractivity contribution is -0.141. The highest BCUT2D eigenvalue weighted by atomic mass is 16.6. The molecule has 0 fully saturated rings. The molecule has 0 aromatic rings. The van der Waals surface area contributed by atoms with Gasteiger partial charge in [0.05, 0.1) is 7.11 Å². The first-order valence-corrected chi connectivity index (χ1v) is 15.6. The van der Waals surface area contributed by atoms with Crippen LogP contribution in [0.25, 0.3) is 0 Å². The van der Waals surface area contributed by atoms with Gasteiger partial charge in [0.25, 0.3) is 0 Å². The maximum Gasteiger partial charge on any atom is 0.407 e. The van der Waals surface area contributed by atoms with Crippen molar-refractivity contribution in [3.8, 4) is 0 Å². The van der Waals surface area contributed by atoms with Crippen LogP contribution in [0.4, 0.5) is 4.79 Å². The van der Waals surface area contributed by atoms with Gasteiger partial charge in [0, 0.05) is 25.9 Å². The summed E-state index contributed by atoms with van der Waals surface area (Å²) in [5.41, 5.74) is -0.519. The van der Waals surface area contributed by atoms with Gasteiger partial charge >= 0.3 is 12.1 Å². The van der Waals surface area contributed by atoms with Crippen LogP contribution in [0.3, 0.4) is 0 Å². The average molecular weight is 555 g/mol. The standard InChI is InChI=1S/C32H62N2O5/c1-25(13-9-10-14-26(2)16-12-18-28(4)20-22-30(36)38-8)15-11-17-27(3)19-21-29(35)33-23-24-34-31(37)39-32(5,6)7/h25-28H,9-24H2,1-8H3,(H,33,35)(H,34,37). The zero-order valence-corrected chi connectivity index (χ0v) is 26.7. The zero-order chi connectivity index (χ0) is 29.7. The smallest absolute Gasteiger partial charge is 0.407 e. The molecule has 0 aliphatic carbocycles. The van der Waals surface area contributed by atoms with Gasteiger partial charge in [0.15, 0.2) is 0 Å². The van der Waals surface area contributed by atoms with Gasteiger partial charge in [0.1, 0.15) is 5.60 Å². The van der Waals surface area contributed by atoms with Crippen LogP contribution < -0.4 is 10.6 Å². The summed E-state index contributed by atoms with van der Waals surface area (Å²) in [5, 5.41) is 5.52. The van der Waals surface area contributed by atoms with Crippen LogP contribution in [0.1, 0.15) is 138 Å². The lowest BCUT2D eigenvalue weighted by Crippen LogP contribution is -2.37. The van der Waals surface area contributed by atoms with Crippen LogP contribution in [0.2, 0.25) is 0 Å². The van der Waals surface area contributed by atoms with Crippen molar-refractivity contribution < 1.29 is 23.9 Å². The van der Waals surface area contributed by atoms with E-state index in [-0.39, 0.29) is 11.9 Å². The monoisotopic (exact) mass is 554 g/mol. The van der Waals surface area contributed by atoms with Gasteiger partial charge < -0.3 is 20.1 Å². The first kappa shape index (κ1) is 37.2. The lowest BCUT2D eigenvalue weighted by atomic mass is 9.90. The van der Waals surface area contributed by atoms with E-state index in [1.54, 1.807) is 0 Å². The highest BCUT2D eigenvalue weighted by Crippen LogP contribution is 2.23. The van der Waals surface area contributed by atoms with Crippen molar-refractivity contribution in [2.75, 3.05) is 20.2 Å². The molecule has 0 spiro atoms. The maximum absolute atomic E-state index is 12.1. The molecule has 0 aliphatic heterocycles. The number of esters is 1. The summed E-state index contributed by atoms with van der Waals surface area (Å²) in [5.74, 6) is 2.64. The minimum Gasteiger partial charge on any atom is -0.469 e. The Labute approximate surface area is 240 Å². The molecule has 2 amide bonds. The average Bonchev–Trinajstić information content (AvgIpc) is 2.85. The molecule has 4 unspecified atom stereocenters. The fraction of sp³-hybridized carbons (Fsp3) is 0.906. The van der Waals surface area contributed by atoms with E-state index < -0.39 is 11.7 Å². The van der Waals surface area contributed by atoms with Gasteiger partial charge in [-0.05, 0) is 57.3 Å². The van der Waals surface area contributed by atoms with Gasteiger partial charge in [-0.3, -0.25) is 9.59 Å². The summed E-state index contributed by atoms with van der Waals surface area (Å²) in [6.45, 7) is 15.5. The number of rotatable bonds is 22. The highest BCUT2D eigenvalue weighted by molar-refractivity contribution is 5.76. The van der Waals surface area contributed by atoms with Gasteiger partial charge in [0.2, 0.25) is 5.91 Å². The summed E-state index contributed by atoms with van der Waals surface area (Å²) in [7, 11) is 1.46. The molecule has 230 valence electrons. The van der Waals surface area contributed by atoms with E-state index >= 15 is 0 Å². The SMILES string of the molecule is COC(=O)CCC(C)CCCC(C)CCCCC(C)CCCC(C)CCC(=O)NCCNC(=O)OC(C)(C)C. The molecule has 0 saturated carbocycles. The van der Waals surface area contributed by atoms with Crippen molar-refractivity contribution in [2.45, 2.75) is 144 Å². The first-order valence-electron chi connectivity index (χ1n) is 15.6. The second-order valence-electron chi connectivity index (χ2n) is 13.0. The Morgan fingerprint density at radius 3 is 1.49 bits per heavy atom. The van der Waals surface area contributed by atoms with E-state index in [9.17, 15) is 14.4 Å². The largest absolute Gasteiger partial charge is 0.469 e. The number of carbonyl (C=O) groups excluding carboxylic acids is 3. The number of hydrogen-bond acceptors (Lipinski definition) is 5. The number of unbranched alkanes of at least 4 members (excludes halogenated alkanes) is 1.